The predicted octanol–water partition coefficient (Wildman–Crippen LogP) is 0.810. The first-order valence-corrected chi connectivity index (χ1v) is 5.49. The third-order valence-corrected chi connectivity index (χ3v) is 3.29. The van der Waals surface area contributed by atoms with Gasteiger partial charge in [0.2, 0.25) is 4.96 Å². The molecule has 0 aromatic carbocycles. The average Bonchev–Trinajstić information content (AvgIpc) is 2.74. The van der Waals surface area contributed by atoms with Crippen molar-refractivity contribution in [3.8, 4) is 0 Å². The van der Waals surface area contributed by atoms with E-state index < -0.39 is 0 Å². The number of hydrogen-bond donors (Lipinski definition) is 1. The van der Waals surface area contributed by atoms with Crippen molar-refractivity contribution in [2.24, 2.45) is 5.73 Å². The van der Waals surface area contributed by atoms with Gasteiger partial charge in [-0.15, -0.1) is 10.2 Å². The largest absolute Gasteiger partial charge is 0.330 e. The molecular formula is C8H13N5S. The smallest absolute Gasteiger partial charge is 0.234 e. The van der Waals surface area contributed by atoms with E-state index in [0.717, 1.165) is 22.2 Å². The van der Waals surface area contributed by atoms with Crippen LogP contribution < -0.4 is 5.73 Å². The van der Waals surface area contributed by atoms with Crippen LogP contribution in [0.4, 0.5) is 0 Å². The second kappa shape index (κ2) is 3.62. The molecule has 0 aliphatic carbocycles. The lowest BCUT2D eigenvalue weighted by molar-refractivity contribution is 0.725. The van der Waals surface area contributed by atoms with Crippen molar-refractivity contribution in [2.75, 3.05) is 6.54 Å². The fourth-order valence-electron chi connectivity index (χ4n) is 1.19. The highest BCUT2D eigenvalue weighted by atomic mass is 32.1. The van der Waals surface area contributed by atoms with Crippen LogP contribution in [0.3, 0.4) is 0 Å². The highest BCUT2D eigenvalue weighted by molar-refractivity contribution is 7.16. The Labute approximate surface area is 86.0 Å². The van der Waals surface area contributed by atoms with Gasteiger partial charge in [-0.05, 0) is 0 Å². The molecule has 0 amide bonds. The van der Waals surface area contributed by atoms with Gasteiger partial charge in [0.25, 0.3) is 0 Å². The van der Waals surface area contributed by atoms with Crippen molar-refractivity contribution < 1.29 is 0 Å². The second-order valence-electron chi connectivity index (χ2n) is 3.24. The van der Waals surface area contributed by atoms with Crippen LogP contribution in [0, 0.1) is 0 Å². The highest BCUT2D eigenvalue weighted by Crippen LogP contribution is 2.21. The van der Waals surface area contributed by atoms with Crippen LogP contribution in [0.5, 0.6) is 0 Å². The van der Waals surface area contributed by atoms with E-state index >= 15 is 0 Å². The number of aromatic nitrogens is 4. The Bertz CT molecular complexity index is 432. The topological polar surface area (TPSA) is 69.1 Å². The van der Waals surface area contributed by atoms with E-state index in [1.807, 2.05) is 11.4 Å². The first-order chi connectivity index (χ1) is 6.76. The number of nitrogens with zero attached hydrogens (tertiary/aromatic N) is 4. The van der Waals surface area contributed by atoms with Crippen molar-refractivity contribution in [3.05, 3.63) is 10.8 Å². The molecule has 2 aromatic rings. The molecule has 76 valence electrons. The van der Waals surface area contributed by atoms with E-state index in [-0.39, 0.29) is 0 Å². The summed E-state index contributed by atoms with van der Waals surface area (Å²) < 4.78 is 1.81. The fourth-order valence-corrected chi connectivity index (χ4v) is 2.11. The monoisotopic (exact) mass is 211 g/mol. The van der Waals surface area contributed by atoms with Crippen LogP contribution in [0.1, 0.15) is 30.6 Å². The maximum Gasteiger partial charge on any atom is 0.234 e. The first kappa shape index (κ1) is 9.54. The van der Waals surface area contributed by atoms with E-state index in [2.05, 4.69) is 22.2 Å². The summed E-state index contributed by atoms with van der Waals surface area (Å²) in [5.74, 6) is 1.21. The van der Waals surface area contributed by atoms with Gasteiger partial charge in [-0.2, -0.15) is 9.61 Å². The maximum atomic E-state index is 5.59. The van der Waals surface area contributed by atoms with Gasteiger partial charge >= 0.3 is 0 Å². The predicted molar refractivity (Wildman–Crippen MR) is 55.5 cm³/mol. The molecule has 2 rings (SSSR count). The standard InChI is InChI=1S/C8H13N5S/c1-3-6-10-11-8-13(6)12-7(14-8)5(2)4-9/h5H,3-4,9H2,1-2H3. The van der Waals surface area contributed by atoms with Gasteiger partial charge in [0.15, 0.2) is 5.82 Å². The minimum absolute atomic E-state index is 0.298. The Hall–Kier alpha value is -1.01. The summed E-state index contributed by atoms with van der Waals surface area (Å²) in [4.78, 5) is 0.858. The number of hydrogen-bond acceptors (Lipinski definition) is 5. The number of nitrogens with two attached hydrogens (primary N) is 1. The molecule has 0 aliphatic heterocycles. The van der Waals surface area contributed by atoms with Crippen molar-refractivity contribution in [2.45, 2.75) is 26.2 Å². The molecule has 2 N–H and O–H groups in total. The van der Waals surface area contributed by atoms with Gasteiger partial charge in [-0.1, -0.05) is 25.2 Å². The molecule has 2 heterocycles. The minimum atomic E-state index is 0.298. The van der Waals surface area contributed by atoms with Crippen LogP contribution >= 0.6 is 11.3 Å². The molecule has 2 aromatic heterocycles. The van der Waals surface area contributed by atoms with Crippen LogP contribution in [-0.4, -0.2) is 26.4 Å². The number of aryl methyl sites for hydroxylation is 1. The van der Waals surface area contributed by atoms with E-state index in [9.17, 15) is 0 Å². The van der Waals surface area contributed by atoms with E-state index in [0.29, 0.717) is 12.5 Å². The second-order valence-corrected chi connectivity index (χ2v) is 4.23. The normalized spacial score (nSPS) is 13.6. The molecule has 0 radical (unpaired) electrons. The SMILES string of the molecule is CCc1nnc2sc(C(C)CN)nn12. The Morgan fingerprint density at radius 1 is 1.50 bits per heavy atom. The highest BCUT2D eigenvalue weighted by Gasteiger charge is 2.13. The molecule has 14 heavy (non-hydrogen) atoms. The summed E-state index contributed by atoms with van der Waals surface area (Å²) in [6.45, 7) is 4.73. The van der Waals surface area contributed by atoms with Crippen molar-refractivity contribution in [1.29, 1.82) is 0 Å². The Morgan fingerprint density at radius 2 is 2.29 bits per heavy atom. The molecular weight excluding hydrogens is 198 g/mol. The number of rotatable bonds is 3. The minimum Gasteiger partial charge on any atom is -0.330 e. The quantitative estimate of drug-likeness (QED) is 0.815. The van der Waals surface area contributed by atoms with Crippen LogP contribution in [0.15, 0.2) is 0 Å². The summed E-state index contributed by atoms with van der Waals surface area (Å²) in [5.41, 5.74) is 5.59. The molecule has 0 aliphatic rings. The Morgan fingerprint density at radius 3 is 2.93 bits per heavy atom. The van der Waals surface area contributed by atoms with Crippen LogP contribution in [0.25, 0.3) is 4.96 Å². The third kappa shape index (κ3) is 1.40. The van der Waals surface area contributed by atoms with Gasteiger partial charge < -0.3 is 5.73 Å². The molecule has 1 atom stereocenters. The number of fused-ring (bicyclic) bond motifs is 1. The molecule has 5 nitrogen and oxygen atoms in total. The summed E-state index contributed by atoms with van der Waals surface area (Å²) in [6.07, 6.45) is 0.849. The summed E-state index contributed by atoms with van der Waals surface area (Å²) in [7, 11) is 0. The maximum absolute atomic E-state index is 5.59. The molecule has 0 saturated heterocycles. The summed E-state index contributed by atoms with van der Waals surface area (Å²) in [5, 5.41) is 13.6. The molecule has 1 unspecified atom stereocenters. The van der Waals surface area contributed by atoms with Crippen molar-refractivity contribution >= 4 is 16.3 Å². The van der Waals surface area contributed by atoms with E-state index in [4.69, 9.17) is 5.73 Å². The summed E-state index contributed by atoms with van der Waals surface area (Å²) in [6, 6.07) is 0. The van der Waals surface area contributed by atoms with Crippen molar-refractivity contribution in [1.82, 2.24) is 19.8 Å². The molecule has 0 fully saturated rings. The third-order valence-electron chi connectivity index (χ3n) is 2.16. The van der Waals surface area contributed by atoms with Crippen molar-refractivity contribution in [3.63, 3.8) is 0 Å². The summed E-state index contributed by atoms with van der Waals surface area (Å²) >= 11 is 1.56. The Kier molecular flexibility index (Phi) is 2.47. The lowest BCUT2D eigenvalue weighted by Gasteiger charge is -2.00. The zero-order chi connectivity index (χ0) is 10.1. The lowest BCUT2D eigenvalue weighted by Crippen LogP contribution is -2.09. The van der Waals surface area contributed by atoms with Crippen LogP contribution in [0.2, 0.25) is 0 Å². The van der Waals surface area contributed by atoms with Gasteiger partial charge in [0.05, 0.1) is 0 Å². The molecule has 0 saturated carbocycles. The van der Waals surface area contributed by atoms with Gasteiger partial charge in [0, 0.05) is 18.9 Å². The average molecular weight is 211 g/mol. The zero-order valence-corrected chi connectivity index (χ0v) is 9.08. The molecule has 0 spiro atoms. The Balaban J connectivity index is 2.46. The van der Waals surface area contributed by atoms with Gasteiger partial charge in [-0.3, -0.25) is 0 Å². The fraction of sp³-hybridized carbons (Fsp3) is 0.625. The van der Waals surface area contributed by atoms with Gasteiger partial charge in [-0.25, -0.2) is 0 Å². The van der Waals surface area contributed by atoms with Gasteiger partial charge in [0.1, 0.15) is 5.01 Å². The van der Waals surface area contributed by atoms with Crippen LogP contribution in [-0.2, 0) is 6.42 Å². The molecule has 6 heteroatoms. The first-order valence-electron chi connectivity index (χ1n) is 4.67. The lowest BCUT2D eigenvalue weighted by atomic mass is 10.2. The molecule has 0 bridgehead atoms. The zero-order valence-electron chi connectivity index (χ0n) is 8.27. The van der Waals surface area contributed by atoms with E-state index in [1.165, 1.54) is 0 Å². The van der Waals surface area contributed by atoms with E-state index in [1.54, 1.807) is 11.3 Å².